The second-order valence-corrected chi connectivity index (χ2v) is 8.37. The second kappa shape index (κ2) is 8.78. The molecule has 0 aliphatic rings. The van der Waals surface area contributed by atoms with Gasteiger partial charge in [-0.1, -0.05) is 23.2 Å². The molecule has 6 nitrogen and oxygen atoms in total. The van der Waals surface area contributed by atoms with Gasteiger partial charge in [-0.15, -0.1) is 0 Å². The minimum atomic E-state index is -4.77. The van der Waals surface area contributed by atoms with Crippen LogP contribution in [0.1, 0.15) is 12.5 Å². The number of halogens is 5. The molecule has 1 atom stereocenters. The van der Waals surface area contributed by atoms with Crippen LogP contribution in [0.5, 0.6) is 5.75 Å². The molecule has 0 saturated heterocycles. The van der Waals surface area contributed by atoms with Gasteiger partial charge in [-0.3, -0.25) is 4.79 Å². The summed E-state index contributed by atoms with van der Waals surface area (Å²) in [5.74, 6) is -0.750. The lowest BCUT2D eigenvalue weighted by molar-refractivity contribution is -0.137. The largest absolute Gasteiger partial charge is 0.495 e. The van der Waals surface area contributed by atoms with Crippen LogP contribution in [0.25, 0.3) is 0 Å². The zero-order valence-electron chi connectivity index (χ0n) is 15.0. The molecule has 2 N–H and O–H groups in total. The molecule has 2 rings (SSSR count). The smallest absolute Gasteiger partial charge is 0.418 e. The number of rotatable bonds is 6. The fraction of sp³-hybridized carbons (Fsp3) is 0.235. The maximum atomic E-state index is 13.1. The highest BCUT2D eigenvalue weighted by atomic mass is 35.5. The maximum absolute atomic E-state index is 13.1. The summed E-state index contributed by atoms with van der Waals surface area (Å²) < 4.78 is 71.3. The number of nitrogens with one attached hydrogen (secondary N) is 2. The molecule has 0 radical (unpaired) electrons. The van der Waals surface area contributed by atoms with E-state index in [9.17, 15) is 26.4 Å². The van der Waals surface area contributed by atoms with Gasteiger partial charge in [-0.05, 0) is 43.3 Å². The van der Waals surface area contributed by atoms with E-state index < -0.39 is 39.4 Å². The predicted molar refractivity (Wildman–Crippen MR) is 103 cm³/mol. The van der Waals surface area contributed by atoms with E-state index in [-0.39, 0.29) is 20.7 Å². The summed E-state index contributed by atoms with van der Waals surface area (Å²) in [6.45, 7) is 1.18. The summed E-state index contributed by atoms with van der Waals surface area (Å²) in [7, 11) is -2.83. The normalized spacial score (nSPS) is 13.1. The Labute approximate surface area is 175 Å². The molecule has 0 aliphatic carbocycles. The molecule has 29 heavy (non-hydrogen) atoms. The van der Waals surface area contributed by atoms with Crippen molar-refractivity contribution in [1.82, 2.24) is 4.72 Å². The summed E-state index contributed by atoms with van der Waals surface area (Å²) in [5.41, 5.74) is -1.71. The first-order valence-corrected chi connectivity index (χ1v) is 10.1. The first kappa shape index (κ1) is 23.3. The van der Waals surface area contributed by atoms with Gasteiger partial charge in [0.15, 0.2) is 0 Å². The Morgan fingerprint density at radius 1 is 1.14 bits per heavy atom. The average Bonchev–Trinajstić information content (AvgIpc) is 2.61. The van der Waals surface area contributed by atoms with Gasteiger partial charge < -0.3 is 10.1 Å². The van der Waals surface area contributed by atoms with Crippen molar-refractivity contribution in [3.8, 4) is 5.75 Å². The Hall–Kier alpha value is -2.01. The van der Waals surface area contributed by atoms with Gasteiger partial charge in [-0.25, -0.2) is 8.42 Å². The van der Waals surface area contributed by atoms with E-state index >= 15 is 0 Å². The van der Waals surface area contributed by atoms with Gasteiger partial charge >= 0.3 is 6.18 Å². The van der Waals surface area contributed by atoms with Crippen molar-refractivity contribution >= 4 is 44.8 Å². The third-order valence-electron chi connectivity index (χ3n) is 3.70. The van der Waals surface area contributed by atoms with Crippen LogP contribution < -0.4 is 14.8 Å². The second-order valence-electron chi connectivity index (χ2n) is 5.82. The molecule has 0 unspecified atom stereocenters. The Kier molecular flexibility index (Phi) is 7.05. The zero-order valence-corrected chi connectivity index (χ0v) is 17.3. The lowest BCUT2D eigenvalue weighted by Gasteiger charge is -2.18. The quantitative estimate of drug-likeness (QED) is 0.657. The van der Waals surface area contributed by atoms with Crippen LogP contribution in [0.3, 0.4) is 0 Å². The SMILES string of the molecule is COc1ccc(S(=O)(=O)N[C@@H](C)C(=O)Nc2ccc(Cl)cc2C(F)(F)F)cc1Cl. The Bertz CT molecular complexity index is 1030. The van der Waals surface area contributed by atoms with Crippen molar-refractivity contribution in [2.75, 3.05) is 12.4 Å². The number of hydrogen-bond donors (Lipinski definition) is 2. The number of anilines is 1. The van der Waals surface area contributed by atoms with Crippen LogP contribution in [-0.4, -0.2) is 27.5 Å². The van der Waals surface area contributed by atoms with Gasteiger partial charge in [0, 0.05) is 5.02 Å². The van der Waals surface area contributed by atoms with Gasteiger partial charge in [-0.2, -0.15) is 17.9 Å². The van der Waals surface area contributed by atoms with E-state index in [2.05, 4.69) is 10.0 Å². The van der Waals surface area contributed by atoms with E-state index in [0.717, 1.165) is 12.1 Å². The number of carbonyl (C=O) groups excluding carboxylic acids is 1. The molecule has 1 amide bonds. The lowest BCUT2D eigenvalue weighted by Crippen LogP contribution is -2.41. The number of amides is 1. The topological polar surface area (TPSA) is 84.5 Å². The molecule has 2 aromatic rings. The average molecular weight is 471 g/mol. The number of sulfonamides is 1. The van der Waals surface area contributed by atoms with Gasteiger partial charge in [0.2, 0.25) is 15.9 Å². The van der Waals surface area contributed by atoms with E-state index in [0.29, 0.717) is 6.07 Å². The Balaban J connectivity index is 2.20. The molecule has 12 heteroatoms. The summed E-state index contributed by atoms with van der Waals surface area (Å²) in [6.07, 6.45) is -4.77. The zero-order chi connectivity index (χ0) is 22.0. The maximum Gasteiger partial charge on any atom is 0.418 e. The molecule has 158 valence electrons. The summed E-state index contributed by atoms with van der Waals surface area (Å²) in [5, 5.41) is 1.92. The van der Waals surface area contributed by atoms with E-state index in [1.54, 1.807) is 0 Å². The monoisotopic (exact) mass is 470 g/mol. The molecule has 0 aromatic heterocycles. The fourth-order valence-corrected chi connectivity index (χ4v) is 3.99. The standard InChI is InChI=1S/C17H15Cl2F3N2O4S/c1-9(24-29(26,27)11-4-6-15(28-2)13(19)8-11)16(25)23-14-5-3-10(18)7-12(14)17(20,21)22/h3-9,24H,1-2H3,(H,23,25)/t9-/m0/s1. The molecule has 0 heterocycles. The van der Waals surface area contributed by atoms with Gasteiger partial charge in [0.25, 0.3) is 0 Å². The number of hydrogen-bond acceptors (Lipinski definition) is 4. The summed E-state index contributed by atoms with van der Waals surface area (Å²) in [4.78, 5) is 12.0. The van der Waals surface area contributed by atoms with Crippen molar-refractivity contribution < 1.29 is 31.1 Å². The number of benzene rings is 2. The fourth-order valence-electron chi connectivity index (χ4n) is 2.27. The molecular formula is C17H15Cl2F3N2O4S. The molecule has 0 spiro atoms. The van der Waals surface area contributed by atoms with Crippen molar-refractivity contribution in [3.05, 3.63) is 52.0 Å². The van der Waals surface area contributed by atoms with Crippen molar-refractivity contribution in [2.24, 2.45) is 0 Å². The number of methoxy groups -OCH3 is 1. The predicted octanol–water partition coefficient (Wildman–Crippen LogP) is 4.33. The lowest BCUT2D eigenvalue weighted by atomic mass is 10.1. The molecule has 0 bridgehead atoms. The highest BCUT2D eigenvalue weighted by Crippen LogP contribution is 2.36. The number of alkyl halides is 3. The van der Waals surface area contributed by atoms with Crippen LogP contribution in [-0.2, 0) is 21.0 Å². The molecule has 0 saturated carbocycles. The van der Waals surface area contributed by atoms with Crippen LogP contribution in [0.2, 0.25) is 10.0 Å². The van der Waals surface area contributed by atoms with E-state index in [1.165, 1.54) is 32.2 Å². The minimum Gasteiger partial charge on any atom is -0.495 e. The van der Waals surface area contributed by atoms with Crippen molar-refractivity contribution in [1.29, 1.82) is 0 Å². The first-order valence-electron chi connectivity index (χ1n) is 7.88. The summed E-state index contributed by atoms with van der Waals surface area (Å²) >= 11 is 11.5. The molecule has 2 aromatic carbocycles. The minimum absolute atomic E-state index is 0.0310. The Morgan fingerprint density at radius 3 is 2.34 bits per heavy atom. The van der Waals surface area contributed by atoms with Crippen molar-refractivity contribution in [3.63, 3.8) is 0 Å². The third kappa shape index (κ3) is 5.75. The highest BCUT2D eigenvalue weighted by Gasteiger charge is 2.34. The summed E-state index contributed by atoms with van der Waals surface area (Å²) in [6, 6.07) is 5.06. The number of carbonyl (C=O) groups is 1. The first-order chi connectivity index (χ1) is 13.3. The van der Waals surface area contributed by atoms with Crippen LogP contribution >= 0.6 is 23.2 Å². The Morgan fingerprint density at radius 2 is 1.79 bits per heavy atom. The van der Waals surface area contributed by atoms with Crippen molar-refractivity contribution in [2.45, 2.75) is 24.0 Å². The molecule has 0 fully saturated rings. The third-order valence-corrected chi connectivity index (χ3v) is 5.77. The molecule has 0 aliphatic heterocycles. The van der Waals surface area contributed by atoms with Crippen LogP contribution in [0.4, 0.5) is 18.9 Å². The molecular weight excluding hydrogens is 456 g/mol. The van der Waals surface area contributed by atoms with Gasteiger partial charge in [0.1, 0.15) is 5.75 Å². The highest BCUT2D eigenvalue weighted by molar-refractivity contribution is 7.89. The van der Waals surface area contributed by atoms with E-state index in [1.807, 2.05) is 0 Å². The van der Waals surface area contributed by atoms with Crippen LogP contribution in [0.15, 0.2) is 41.3 Å². The van der Waals surface area contributed by atoms with Crippen LogP contribution in [0, 0.1) is 0 Å². The van der Waals surface area contributed by atoms with Gasteiger partial charge in [0.05, 0.1) is 34.3 Å². The number of ether oxygens (including phenoxy) is 1. The van der Waals surface area contributed by atoms with E-state index in [4.69, 9.17) is 27.9 Å².